The lowest BCUT2D eigenvalue weighted by molar-refractivity contribution is -0.148. The van der Waals surface area contributed by atoms with Gasteiger partial charge in [0.2, 0.25) is 0 Å². The Morgan fingerprint density at radius 2 is 2.00 bits per heavy atom. The Labute approximate surface area is 123 Å². The minimum atomic E-state index is -0.269. The Bertz CT molecular complexity index is 558. The molecule has 4 unspecified atom stereocenters. The molecule has 0 radical (unpaired) electrons. The molecule has 1 heterocycles. The molecular formula is C15H19N3O3. The molecule has 2 bridgehead atoms. The zero-order chi connectivity index (χ0) is 15.0. The van der Waals surface area contributed by atoms with E-state index >= 15 is 0 Å². The van der Waals surface area contributed by atoms with Crippen molar-refractivity contribution >= 4 is 11.9 Å². The molecule has 1 amide bonds. The molecule has 2 saturated carbocycles. The van der Waals surface area contributed by atoms with Gasteiger partial charge in [-0.1, -0.05) is 0 Å². The number of rotatable bonds is 3. The second-order valence-corrected chi connectivity index (χ2v) is 5.92. The summed E-state index contributed by atoms with van der Waals surface area (Å²) in [5.74, 6) is -0.0224. The van der Waals surface area contributed by atoms with Crippen molar-refractivity contribution in [2.75, 3.05) is 7.11 Å². The van der Waals surface area contributed by atoms with E-state index in [0.29, 0.717) is 11.8 Å². The van der Waals surface area contributed by atoms with E-state index in [2.05, 4.69) is 15.3 Å². The normalized spacial score (nSPS) is 30.2. The van der Waals surface area contributed by atoms with Gasteiger partial charge in [0.05, 0.1) is 24.9 Å². The molecule has 1 aromatic heterocycles. The first-order valence-corrected chi connectivity index (χ1v) is 7.27. The summed E-state index contributed by atoms with van der Waals surface area (Å²) in [7, 11) is 1.40. The Kier molecular flexibility index (Phi) is 3.61. The maximum absolute atomic E-state index is 12.3. The van der Waals surface area contributed by atoms with Gasteiger partial charge in [-0.3, -0.25) is 14.6 Å². The molecule has 0 saturated heterocycles. The quantitative estimate of drug-likeness (QED) is 0.843. The van der Waals surface area contributed by atoms with Gasteiger partial charge in [-0.2, -0.15) is 0 Å². The molecule has 1 N–H and O–H groups in total. The van der Waals surface area contributed by atoms with Crippen molar-refractivity contribution in [2.24, 2.45) is 17.8 Å². The number of nitrogens with one attached hydrogen (secondary N) is 1. The van der Waals surface area contributed by atoms with E-state index in [-0.39, 0.29) is 29.5 Å². The minimum Gasteiger partial charge on any atom is -0.469 e. The van der Waals surface area contributed by atoms with Gasteiger partial charge in [0.1, 0.15) is 5.69 Å². The van der Waals surface area contributed by atoms with Gasteiger partial charge < -0.3 is 10.1 Å². The molecule has 0 aliphatic heterocycles. The molecule has 1 aromatic rings. The number of amides is 1. The number of aryl methyl sites for hydroxylation is 1. The Balaban J connectivity index is 1.75. The van der Waals surface area contributed by atoms with E-state index in [9.17, 15) is 9.59 Å². The SMILES string of the molecule is COC(=O)C1C2CCC(C2)C1NC(=O)c1cnc(C)cn1. The summed E-state index contributed by atoms with van der Waals surface area (Å²) in [6.07, 6.45) is 6.12. The standard InChI is InChI=1S/C15H19N3O3/c1-8-6-17-11(7-16-8)14(19)18-13-10-4-3-9(5-10)12(13)15(20)21-2/h6-7,9-10,12-13H,3-5H2,1-2H3,(H,18,19). The van der Waals surface area contributed by atoms with Gasteiger partial charge in [0.25, 0.3) is 5.91 Å². The zero-order valence-corrected chi connectivity index (χ0v) is 12.2. The van der Waals surface area contributed by atoms with E-state index in [1.54, 1.807) is 6.20 Å². The van der Waals surface area contributed by atoms with E-state index in [0.717, 1.165) is 25.0 Å². The Morgan fingerprint density at radius 1 is 1.24 bits per heavy atom. The molecule has 0 spiro atoms. The third-order valence-electron chi connectivity index (χ3n) is 4.70. The summed E-state index contributed by atoms with van der Waals surface area (Å²) in [4.78, 5) is 32.4. The van der Waals surface area contributed by atoms with Crippen LogP contribution in [0.25, 0.3) is 0 Å². The molecule has 21 heavy (non-hydrogen) atoms. The summed E-state index contributed by atoms with van der Waals surface area (Å²) < 4.78 is 4.90. The maximum Gasteiger partial charge on any atom is 0.311 e. The molecule has 6 nitrogen and oxygen atoms in total. The maximum atomic E-state index is 12.3. The highest BCUT2D eigenvalue weighted by atomic mass is 16.5. The topological polar surface area (TPSA) is 81.2 Å². The van der Waals surface area contributed by atoms with E-state index in [4.69, 9.17) is 4.74 Å². The van der Waals surface area contributed by atoms with Crippen molar-refractivity contribution in [2.45, 2.75) is 32.2 Å². The van der Waals surface area contributed by atoms with Crippen molar-refractivity contribution < 1.29 is 14.3 Å². The number of fused-ring (bicyclic) bond motifs is 2. The first-order valence-electron chi connectivity index (χ1n) is 7.27. The zero-order valence-electron chi connectivity index (χ0n) is 12.2. The van der Waals surface area contributed by atoms with Crippen LogP contribution < -0.4 is 5.32 Å². The minimum absolute atomic E-state index is 0.146. The number of methoxy groups -OCH3 is 1. The second kappa shape index (κ2) is 5.42. The summed E-state index contributed by atoms with van der Waals surface area (Å²) in [5, 5.41) is 2.97. The summed E-state index contributed by atoms with van der Waals surface area (Å²) in [6.45, 7) is 1.82. The molecule has 6 heteroatoms. The predicted octanol–water partition coefficient (Wildman–Crippen LogP) is 1.10. The number of esters is 1. The van der Waals surface area contributed by atoms with Crippen LogP contribution in [0.1, 0.15) is 35.4 Å². The van der Waals surface area contributed by atoms with Crippen LogP contribution in [-0.4, -0.2) is 35.0 Å². The summed E-state index contributed by atoms with van der Waals surface area (Å²) >= 11 is 0. The highest BCUT2D eigenvalue weighted by molar-refractivity contribution is 5.92. The van der Waals surface area contributed by atoms with Crippen molar-refractivity contribution in [3.63, 3.8) is 0 Å². The first kappa shape index (κ1) is 14.0. The molecule has 2 aliphatic rings. The lowest BCUT2D eigenvalue weighted by Gasteiger charge is -2.29. The van der Waals surface area contributed by atoms with Gasteiger partial charge in [0, 0.05) is 12.2 Å². The average molecular weight is 289 g/mol. The molecule has 0 aromatic carbocycles. The van der Waals surface area contributed by atoms with Crippen LogP contribution in [0.5, 0.6) is 0 Å². The van der Waals surface area contributed by atoms with Crippen LogP contribution in [0.2, 0.25) is 0 Å². The fourth-order valence-corrected chi connectivity index (χ4v) is 3.71. The fraction of sp³-hybridized carbons (Fsp3) is 0.600. The van der Waals surface area contributed by atoms with Crippen LogP contribution in [-0.2, 0) is 9.53 Å². The highest BCUT2D eigenvalue weighted by Gasteiger charge is 2.52. The van der Waals surface area contributed by atoms with Crippen molar-refractivity contribution in [3.05, 3.63) is 23.8 Å². The third kappa shape index (κ3) is 2.50. The van der Waals surface area contributed by atoms with Gasteiger partial charge >= 0.3 is 5.97 Å². The number of ether oxygens (including phenoxy) is 1. The summed E-state index contributed by atoms with van der Waals surface area (Å²) in [5.41, 5.74) is 1.05. The Hall–Kier alpha value is -1.98. The van der Waals surface area contributed by atoms with Crippen LogP contribution in [0.3, 0.4) is 0 Å². The van der Waals surface area contributed by atoms with Crippen molar-refractivity contribution in [3.8, 4) is 0 Å². The number of aromatic nitrogens is 2. The summed E-state index contributed by atoms with van der Waals surface area (Å²) in [6, 6.07) is -0.146. The van der Waals surface area contributed by atoms with Crippen LogP contribution in [0.4, 0.5) is 0 Å². The largest absolute Gasteiger partial charge is 0.469 e. The molecule has 2 fully saturated rings. The van der Waals surface area contributed by atoms with Crippen molar-refractivity contribution in [1.29, 1.82) is 0 Å². The second-order valence-electron chi connectivity index (χ2n) is 5.92. The lowest BCUT2D eigenvalue weighted by atomic mass is 9.84. The first-order chi connectivity index (χ1) is 10.1. The van der Waals surface area contributed by atoms with Gasteiger partial charge in [0.15, 0.2) is 0 Å². The number of carbonyl (C=O) groups is 2. The Morgan fingerprint density at radius 3 is 2.67 bits per heavy atom. The molecular weight excluding hydrogens is 270 g/mol. The molecule has 4 atom stereocenters. The number of hydrogen-bond donors (Lipinski definition) is 1. The van der Waals surface area contributed by atoms with Crippen LogP contribution >= 0.6 is 0 Å². The molecule has 112 valence electrons. The van der Waals surface area contributed by atoms with E-state index < -0.39 is 0 Å². The third-order valence-corrected chi connectivity index (χ3v) is 4.70. The van der Waals surface area contributed by atoms with Crippen LogP contribution in [0.15, 0.2) is 12.4 Å². The number of hydrogen-bond acceptors (Lipinski definition) is 5. The fourth-order valence-electron chi connectivity index (χ4n) is 3.71. The molecule has 3 rings (SSSR count). The van der Waals surface area contributed by atoms with Gasteiger partial charge in [-0.25, -0.2) is 4.98 Å². The van der Waals surface area contributed by atoms with Gasteiger partial charge in [-0.15, -0.1) is 0 Å². The van der Waals surface area contributed by atoms with E-state index in [1.165, 1.54) is 13.3 Å². The van der Waals surface area contributed by atoms with Crippen LogP contribution in [0, 0.1) is 24.7 Å². The number of carbonyl (C=O) groups excluding carboxylic acids is 2. The van der Waals surface area contributed by atoms with Crippen molar-refractivity contribution in [1.82, 2.24) is 15.3 Å². The highest BCUT2D eigenvalue weighted by Crippen LogP contribution is 2.48. The monoisotopic (exact) mass is 289 g/mol. The predicted molar refractivity (Wildman–Crippen MR) is 74.4 cm³/mol. The lowest BCUT2D eigenvalue weighted by Crippen LogP contribution is -2.47. The van der Waals surface area contributed by atoms with Gasteiger partial charge in [-0.05, 0) is 38.0 Å². The molecule has 2 aliphatic carbocycles. The smallest absolute Gasteiger partial charge is 0.311 e. The average Bonchev–Trinajstić information content (AvgIpc) is 3.08. The van der Waals surface area contributed by atoms with E-state index in [1.807, 2.05) is 6.92 Å². The number of nitrogens with zero attached hydrogens (tertiary/aromatic N) is 2.